The van der Waals surface area contributed by atoms with Crippen LogP contribution in [0.5, 0.6) is 0 Å². The summed E-state index contributed by atoms with van der Waals surface area (Å²) in [6.07, 6.45) is 2.40. The number of hydrogen-bond acceptors (Lipinski definition) is 3. The van der Waals surface area contributed by atoms with Crippen molar-refractivity contribution in [3.05, 3.63) is 48.0 Å². The Balaban J connectivity index is 1.58. The van der Waals surface area contributed by atoms with E-state index in [1.54, 1.807) is 0 Å². The molecule has 0 spiro atoms. The van der Waals surface area contributed by atoms with Gasteiger partial charge in [0.05, 0.1) is 11.8 Å². The zero-order valence-electron chi connectivity index (χ0n) is 13.8. The van der Waals surface area contributed by atoms with Gasteiger partial charge in [0, 0.05) is 13.1 Å². The molecular formula is C19H22N2OS2. The molecule has 1 saturated heterocycles. The Morgan fingerprint density at radius 1 is 1.21 bits per heavy atom. The number of rotatable bonds is 4. The first-order valence-corrected chi connectivity index (χ1v) is 9.73. The highest BCUT2D eigenvalue weighted by atomic mass is 32.2. The van der Waals surface area contributed by atoms with Crippen LogP contribution in [0, 0.1) is 0 Å². The maximum atomic E-state index is 12.3. The monoisotopic (exact) mass is 358 g/mol. The van der Waals surface area contributed by atoms with Crippen molar-refractivity contribution < 1.29 is 4.79 Å². The summed E-state index contributed by atoms with van der Waals surface area (Å²) in [5.41, 5.74) is 1.15. The molecule has 126 valence electrons. The third kappa shape index (κ3) is 4.08. The Morgan fingerprint density at radius 3 is 2.71 bits per heavy atom. The van der Waals surface area contributed by atoms with E-state index >= 15 is 0 Å². The highest BCUT2D eigenvalue weighted by Gasteiger charge is 2.17. The van der Waals surface area contributed by atoms with E-state index < -0.39 is 0 Å². The van der Waals surface area contributed by atoms with Gasteiger partial charge in [-0.3, -0.25) is 4.79 Å². The van der Waals surface area contributed by atoms with Crippen molar-refractivity contribution in [2.45, 2.75) is 25.8 Å². The fourth-order valence-corrected chi connectivity index (χ4v) is 4.17. The minimum atomic E-state index is -0.0236. The van der Waals surface area contributed by atoms with Crippen molar-refractivity contribution in [1.29, 1.82) is 0 Å². The smallest absolute Gasteiger partial charge is 0.230 e. The van der Waals surface area contributed by atoms with Crippen LogP contribution in [0.2, 0.25) is 0 Å². The Hall–Kier alpha value is -1.59. The molecule has 1 atom stereocenters. The third-order valence-electron chi connectivity index (χ3n) is 4.36. The number of nitrogens with one attached hydrogen (secondary N) is 1. The summed E-state index contributed by atoms with van der Waals surface area (Å²) in [6.45, 7) is 4.09. The van der Waals surface area contributed by atoms with Gasteiger partial charge in [-0.25, -0.2) is 0 Å². The van der Waals surface area contributed by atoms with Gasteiger partial charge in [0.25, 0.3) is 0 Å². The lowest BCUT2D eigenvalue weighted by Crippen LogP contribution is -2.30. The van der Waals surface area contributed by atoms with Crippen LogP contribution in [0.4, 0.5) is 0 Å². The number of benzene rings is 2. The van der Waals surface area contributed by atoms with E-state index in [1.807, 2.05) is 25.1 Å². The third-order valence-corrected chi connectivity index (χ3v) is 5.88. The van der Waals surface area contributed by atoms with E-state index in [9.17, 15) is 4.79 Å². The summed E-state index contributed by atoms with van der Waals surface area (Å²) in [5.74, 6) is 0.409. The van der Waals surface area contributed by atoms with Crippen molar-refractivity contribution in [3.8, 4) is 0 Å². The molecular weight excluding hydrogens is 336 g/mol. The summed E-state index contributed by atoms with van der Waals surface area (Å²) in [7, 11) is 0. The zero-order valence-corrected chi connectivity index (χ0v) is 15.5. The number of thiocarbonyl (C=S) groups is 1. The van der Waals surface area contributed by atoms with Crippen LogP contribution in [-0.2, 0) is 4.79 Å². The van der Waals surface area contributed by atoms with Crippen LogP contribution in [0.25, 0.3) is 10.8 Å². The first-order valence-electron chi connectivity index (χ1n) is 8.34. The molecule has 24 heavy (non-hydrogen) atoms. The van der Waals surface area contributed by atoms with E-state index in [0.717, 1.165) is 23.0 Å². The van der Waals surface area contributed by atoms with Crippen molar-refractivity contribution in [2.75, 3.05) is 18.8 Å². The molecule has 5 heteroatoms. The highest BCUT2D eigenvalue weighted by Crippen LogP contribution is 2.24. The lowest BCUT2D eigenvalue weighted by atomic mass is 10.00. The topological polar surface area (TPSA) is 32.3 Å². The second-order valence-electron chi connectivity index (χ2n) is 6.11. The van der Waals surface area contributed by atoms with E-state index in [0.29, 0.717) is 5.75 Å². The molecule has 1 aliphatic heterocycles. The number of thioether (sulfide) groups is 1. The van der Waals surface area contributed by atoms with Crippen molar-refractivity contribution >= 4 is 45.0 Å². The summed E-state index contributed by atoms with van der Waals surface area (Å²) >= 11 is 6.88. The second-order valence-corrected chi connectivity index (χ2v) is 7.72. The van der Waals surface area contributed by atoms with Gasteiger partial charge in [-0.2, -0.15) is 0 Å². The molecule has 3 nitrogen and oxygen atoms in total. The number of fused-ring (bicyclic) bond motifs is 1. The molecule has 0 aromatic heterocycles. The Morgan fingerprint density at radius 2 is 1.92 bits per heavy atom. The first-order chi connectivity index (χ1) is 11.6. The number of amides is 1. The molecule has 1 fully saturated rings. The van der Waals surface area contributed by atoms with E-state index in [1.165, 1.54) is 35.4 Å². The number of carbonyl (C=O) groups is 1. The first kappa shape index (κ1) is 17.2. The molecule has 0 radical (unpaired) electrons. The maximum absolute atomic E-state index is 12.3. The van der Waals surface area contributed by atoms with Crippen LogP contribution < -0.4 is 5.32 Å². The summed E-state index contributed by atoms with van der Waals surface area (Å²) in [5, 5.41) is 5.48. The molecule has 1 unspecified atom stereocenters. The Labute approximate surface area is 152 Å². The normalized spacial score (nSPS) is 15.5. The second kappa shape index (κ2) is 7.99. The van der Waals surface area contributed by atoms with Crippen molar-refractivity contribution in [2.24, 2.45) is 0 Å². The largest absolute Gasteiger partial charge is 0.358 e. The van der Waals surface area contributed by atoms with Gasteiger partial charge in [-0.1, -0.05) is 66.4 Å². The summed E-state index contributed by atoms with van der Waals surface area (Å²) < 4.78 is 0.848. The van der Waals surface area contributed by atoms with E-state index in [-0.39, 0.29) is 11.9 Å². The molecule has 1 amide bonds. The molecule has 0 saturated carbocycles. The van der Waals surface area contributed by atoms with Crippen LogP contribution in [-0.4, -0.2) is 34.0 Å². The quantitative estimate of drug-likeness (QED) is 0.833. The Kier molecular flexibility index (Phi) is 5.74. The lowest BCUT2D eigenvalue weighted by molar-refractivity contribution is -0.119. The average molecular weight is 359 g/mol. The van der Waals surface area contributed by atoms with Gasteiger partial charge in [-0.05, 0) is 36.1 Å². The van der Waals surface area contributed by atoms with Gasteiger partial charge in [-0.15, -0.1) is 0 Å². The molecule has 1 heterocycles. The SMILES string of the molecule is CC(NC(=O)CSC(=S)N1CCCC1)c1cccc2ccccc12. The number of carbonyl (C=O) groups excluding carboxylic acids is 1. The van der Waals surface area contributed by atoms with Crippen molar-refractivity contribution in [3.63, 3.8) is 0 Å². The molecule has 0 aliphatic carbocycles. The molecule has 0 bridgehead atoms. The standard InChI is InChI=1S/C19H22N2OS2/c1-14(16-10-6-8-15-7-2-3-9-17(15)16)20-18(22)13-24-19(23)21-11-4-5-12-21/h2-3,6-10,14H,4-5,11-13H2,1H3,(H,20,22). The summed E-state index contributed by atoms with van der Waals surface area (Å²) in [4.78, 5) is 14.5. The van der Waals surface area contributed by atoms with Crippen molar-refractivity contribution in [1.82, 2.24) is 10.2 Å². The number of likely N-dealkylation sites (tertiary alicyclic amines) is 1. The van der Waals surface area contributed by atoms with E-state index in [4.69, 9.17) is 12.2 Å². The number of hydrogen-bond donors (Lipinski definition) is 1. The molecule has 2 aromatic carbocycles. The van der Waals surface area contributed by atoms with E-state index in [2.05, 4.69) is 34.5 Å². The maximum Gasteiger partial charge on any atom is 0.230 e. The average Bonchev–Trinajstić information content (AvgIpc) is 3.14. The number of nitrogens with zero attached hydrogens (tertiary/aromatic N) is 1. The molecule has 2 aromatic rings. The van der Waals surface area contributed by atoms with Crippen LogP contribution in [0.1, 0.15) is 31.4 Å². The zero-order chi connectivity index (χ0) is 16.9. The molecule has 1 aliphatic rings. The van der Waals surface area contributed by atoms with Gasteiger partial charge in [0.15, 0.2) is 0 Å². The lowest BCUT2D eigenvalue weighted by Gasteiger charge is -2.19. The Bertz CT molecular complexity index is 736. The minimum absolute atomic E-state index is 0.0236. The predicted octanol–water partition coefficient (Wildman–Crippen LogP) is 4.13. The van der Waals surface area contributed by atoms with Gasteiger partial charge in [0.2, 0.25) is 5.91 Å². The molecule has 3 rings (SSSR count). The molecule has 1 N–H and O–H groups in total. The van der Waals surface area contributed by atoms with Crippen LogP contribution in [0.15, 0.2) is 42.5 Å². The van der Waals surface area contributed by atoms with Crippen LogP contribution >= 0.6 is 24.0 Å². The highest BCUT2D eigenvalue weighted by molar-refractivity contribution is 8.23. The fourth-order valence-electron chi connectivity index (χ4n) is 3.11. The minimum Gasteiger partial charge on any atom is -0.358 e. The van der Waals surface area contributed by atoms with Gasteiger partial charge >= 0.3 is 0 Å². The predicted molar refractivity (Wildman–Crippen MR) is 106 cm³/mol. The summed E-state index contributed by atoms with van der Waals surface area (Å²) in [6, 6.07) is 14.5. The van der Waals surface area contributed by atoms with Gasteiger partial charge < -0.3 is 10.2 Å². The fraction of sp³-hybridized carbons (Fsp3) is 0.368. The van der Waals surface area contributed by atoms with Gasteiger partial charge in [0.1, 0.15) is 4.32 Å². The van der Waals surface area contributed by atoms with Crippen LogP contribution in [0.3, 0.4) is 0 Å².